The first-order chi connectivity index (χ1) is 15.6. The Morgan fingerprint density at radius 1 is 1.03 bits per heavy atom. The molecule has 33 heavy (non-hydrogen) atoms. The van der Waals surface area contributed by atoms with Crippen LogP contribution in [0.3, 0.4) is 0 Å². The van der Waals surface area contributed by atoms with Gasteiger partial charge in [-0.3, -0.25) is 9.59 Å². The van der Waals surface area contributed by atoms with Crippen LogP contribution in [0.2, 0.25) is 5.02 Å². The predicted octanol–water partition coefficient (Wildman–Crippen LogP) is 3.61. The number of nitrogens with one attached hydrogen (secondary N) is 1. The van der Waals surface area contributed by atoms with E-state index >= 15 is 0 Å². The second kappa shape index (κ2) is 12.7. The number of sulfonamides is 1. The van der Waals surface area contributed by atoms with Gasteiger partial charge in [-0.15, -0.1) is 0 Å². The first-order valence-electron chi connectivity index (χ1n) is 10.9. The van der Waals surface area contributed by atoms with Crippen molar-refractivity contribution < 1.29 is 18.0 Å². The molecule has 2 aromatic rings. The number of likely N-dealkylation sites (N-methyl/N-ethyl adjacent to an activating group) is 1. The van der Waals surface area contributed by atoms with E-state index in [1.165, 1.54) is 11.9 Å². The van der Waals surface area contributed by atoms with Crippen molar-refractivity contribution in [1.82, 2.24) is 14.5 Å². The fourth-order valence-electron chi connectivity index (χ4n) is 3.30. The average molecular weight is 494 g/mol. The highest BCUT2D eigenvalue weighted by molar-refractivity contribution is 7.88. The molecule has 1 atom stereocenters. The van der Waals surface area contributed by atoms with Crippen molar-refractivity contribution >= 4 is 33.4 Å². The second-order valence-electron chi connectivity index (χ2n) is 7.98. The SMILES string of the molecule is CCCCCNC(=O)[C@@H](c1ccccc1)N(Cc1ccc(Cl)cc1)C(=O)CN(C)S(C)(=O)=O. The molecule has 0 saturated heterocycles. The quantitative estimate of drug-likeness (QED) is 0.457. The standard InChI is InChI=1S/C24H32ClN3O4S/c1-4-5-9-16-26-24(30)23(20-10-7-6-8-11-20)28(17-19-12-14-21(25)15-13-19)22(29)18-27(2)33(3,31)32/h6-8,10-15,23H,4-5,9,16-18H2,1-3H3,(H,26,30)/t23-/m1/s1. The number of hydrogen-bond donors (Lipinski definition) is 1. The van der Waals surface area contributed by atoms with Crippen molar-refractivity contribution in [3.8, 4) is 0 Å². The third-order valence-corrected chi connectivity index (χ3v) is 6.78. The van der Waals surface area contributed by atoms with Crippen molar-refractivity contribution in [2.75, 3.05) is 26.4 Å². The number of rotatable bonds is 12. The molecule has 180 valence electrons. The Balaban J connectivity index is 2.42. The molecule has 9 heteroatoms. The van der Waals surface area contributed by atoms with Crippen molar-refractivity contribution in [2.45, 2.75) is 38.8 Å². The van der Waals surface area contributed by atoms with Crippen LogP contribution in [0.4, 0.5) is 0 Å². The summed E-state index contributed by atoms with van der Waals surface area (Å²) in [5.74, 6) is -0.780. The number of hydrogen-bond acceptors (Lipinski definition) is 4. The van der Waals surface area contributed by atoms with E-state index in [1.807, 2.05) is 6.07 Å². The average Bonchev–Trinajstić information content (AvgIpc) is 2.77. The number of nitrogens with zero attached hydrogens (tertiary/aromatic N) is 2. The predicted molar refractivity (Wildman–Crippen MR) is 131 cm³/mol. The summed E-state index contributed by atoms with van der Waals surface area (Å²) in [7, 11) is -2.23. The van der Waals surface area contributed by atoms with E-state index in [-0.39, 0.29) is 19.0 Å². The van der Waals surface area contributed by atoms with Gasteiger partial charge >= 0.3 is 0 Å². The topological polar surface area (TPSA) is 86.8 Å². The smallest absolute Gasteiger partial charge is 0.247 e. The van der Waals surface area contributed by atoms with Crippen LogP contribution in [0.15, 0.2) is 54.6 Å². The summed E-state index contributed by atoms with van der Waals surface area (Å²) in [6, 6.07) is 15.1. The lowest BCUT2D eigenvalue weighted by atomic mass is 10.0. The van der Waals surface area contributed by atoms with Gasteiger partial charge in [0.05, 0.1) is 12.8 Å². The highest BCUT2D eigenvalue weighted by Gasteiger charge is 2.32. The van der Waals surface area contributed by atoms with Crippen LogP contribution in [0.5, 0.6) is 0 Å². The minimum atomic E-state index is -3.57. The second-order valence-corrected chi connectivity index (χ2v) is 10.5. The highest BCUT2D eigenvalue weighted by atomic mass is 35.5. The lowest BCUT2D eigenvalue weighted by Crippen LogP contribution is -2.47. The number of amides is 2. The summed E-state index contributed by atoms with van der Waals surface area (Å²) >= 11 is 6.00. The van der Waals surface area contributed by atoms with E-state index < -0.39 is 22.0 Å². The zero-order chi connectivity index (χ0) is 24.4. The number of carbonyl (C=O) groups excluding carboxylic acids is 2. The zero-order valence-corrected chi connectivity index (χ0v) is 20.9. The Kier molecular flexibility index (Phi) is 10.3. The Morgan fingerprint density at radius 2 is 1.67 bits per heavy atom. The summed E-state index contributed by atoms with van der Waals surface area (Å²) in [6.45, 7) is 2.33. The van der Waals surface area contributed by atoms with Gasteiger partial charge in [-0.1, -0.05) is 73.8 Å². The van der Waals surface area contributed by atoms with Crippen LogP contribution in [0, 0.1) is 0 Å². The zero-order valence-electron chi connectivity index (χ0n) is 19.3. The Hall–Kier alpha value is -2.42. The largest absolute Gasteiger partial charge is 0.354 e. The molecular formula is C24H32ClN3O4S. The van der Waals surface area contributed by atoms with Crippen LogP contribution < -0.4 is 5.32 Å². The van der Waals surface area contributed by atoms with Crippen LogP contribution >= 0.6 is 11.6 Å². The fourth-order valence-corrected chi connectivity index (χ4v) is 3.77. The number of benzene rings is 2. The van der Waals surface area contributed by atoms with Gasteiger partial charge in [0.15, 0.2) is 0 Å². The fraction of sp³-hybridized carbons (Fsp3) is 0.417. The maximum absolute atomic E-state index is 13.4. The van der Waals surface area contributed by atoms with Gasteiger partial charge in [0, 0.05) is 25.2 Å². The molecular weight excluding hydrogens is 462 g/mol. The third-order valence-electron chi connectivity index (χ3n) is 5.27. The van der Waals surface area contributed by atoms with Crippen molar-refractivity contribution in [1.29, 1.82) is 0 Å². The number of halogens is 1. The lowest BCUT2D eigenvalue weighted by molar-refractivity contribution is -0.141. The summed E-state index contributed by atoms with van der Waals surface area (Å²) in [4.78, 5) is 28.1. The molecule has 0 aliphatic rings. The molecule has 2 aromatic carbocycles. The van der Waals surface area contributed by atoms with Gasteiger partial charge in [0.1, 0.15) is 6.04 Å². The molecule has 0 radical (unpaired) electrons. The molecule has 0 unspecified atom stereocenters. The maximum Gasteiger partial charge on any atom is 0.247 e. The molecule has 0 saturated carbocycles. The summed E-state index contributed by atoms with van der Waals surface area (Å²) in [6.07, 6.45) is 3.89. The van der Waals surface area contributed by atoms with Crippen LogP contribution in [-0.4, -0.2) is 55.8 Å². The third kappa shape index (κ3) is 8.46. The molecule has 0 bridgehead atoms. The molecule has 1 N–H and O–H groups in total. The first kappa shape index (κ1) is 26.8. The van der Waals surface area contributed by atoms with Crippen LogP contribution in [0.25, 0.3) is 0 Å². The van der Waals surface area contributed by atoms with E-state index in [4.69, 9.17) is 11.6 Å². The molecule has 7 nitrogen and oxygen atoms in total. The molecule has 2 amide bonds. The number of carbonyl (C=O) groups is 2. The minimum absolute atomic E-state index is 0.121. The molecule has 0 aliphatic heterocycles. The first-order valence-corrected chi connectivity index (χ1v) is 13.1. The summed E-state index contributed by atoms with van der Waals surface area (Å²) in [5.41, 5.74) is 1.42. The van der Waals surface area contributed by atoms with Gasteiger partial charge in [-0.05, 0) is 29.7 Å². The van der Waals surface area contributed by atoms with Gasteiger partial charge in [-0.25, -0.2) is 8.42 Å². The monoisotopic (exact) mass is 493 g/mol. The Labute approximate surface area is 201 Å². The van der Waals surface area contributed by atoms with E-state index in [9.17, 15) is 18.0 Å². The Bertz CT molecular complexity index is 1010. The van der Waals surface area contributed by atoms with E-state index in [1.54, 1.807) is 48.5 Å². The summed E-state index contributed by atoms with van der Waals surface area (Å²) in [5, 5.41) is 3.50. The summed E-state index contributed by atoms with van der Waals surface area (Å²) < 4.78 is 24.8. The number of unbranched alkanes of at least 4 members (excludes halogenated alkanes) is 2. The van der Waals surface area contributed by atoms with E-state index in [2.05, 4.69) is 12.2 Å². The Morgan fingerprint density at radius 3 is 2.24 bits per heavy atom. The molecule has 0 fully saturated rings. The normalized spacial score (nSPS) is 12.4. The van der Waals surface area contributed by atoms with Gasteiger partial charge in [0.25, 0.3) is 0 Å². The molecule has 0 aromatic heterocycles. The molecule has 2 rings (SSSR count). The minimum Gasteiger partial charge on any atom is -0.354 e. The van der Waals surface area contributed by atoms with Gasteiger partial charge in [-0.2, -0.15) is 4.31 Å². The molecule has 0 spiro atoms. The lowest BCUT2D eigenvalue weighted by Gasteiger charge is -2.32. The van der Waals surface area contributed by atoms with Crippen LogP contribution in [0.1, 0.15) is 43.4 Å². The van der Waals surface area contributed by atoms with E-state index in [0.29, 0.717) is 17.1 Å². The van der Waals surface area contributed by atoms with Gasteiger partial charge < -0.3 is 10.2 Å². The van der Waals surface area contributed by atoms with Crippen molar-refractivity contribution in [2.24, 2.45) is 0 Å². The maximum atomic E-state index is 13.4. The molecule has 0 heterocycles. The van der Waals surface area contributed by atoms with Crippen molar-refractivity contribution in [3.05, 3.63) is 70.7 Å². The van der Waals surface area contributed by atoms with Gasteiger partial charge in [0.2, 0.25) is 21.8 Å². The highest BCUT2D eigenvalue weighted by Crippen LogP contribution is 2.25. The van der Waals surface area contributed by atoms with E-state index in [0.717, 1.165) is 35.4 Å². The molecule has 0 aliphatic carbocycles. The van der Waals surface area contributed by atoms with Crippen molar-refractivity contribution in [3.63, 3.8) is 0 Å². The van der Waals surface area contributed by atoms with Crippen LogP contribution in [-0.2, 0) is 26.2 Å².